The van der Waals surface area contributed by atoms with E-state index in [1.54, 1.807) is 17.5 Å². The molecule has 1 aromatic heterocycles. The molecule has 15 heavy (non-hydrogen) atoms. The van der Waals surface area contributed by atoms with Crippen molar-refractivity contribution in [1.82, 2.24) is 5.32 Å². The van der Waals surface area contributed by atoms with Crippen molar-refractivity contribution in [2.24, 2.45) is 5.92 Å². The summed E-state index contributed by atoms with van der Waals surface area (Å²) in [6.45, 7) is 0. The molecule has 0 unspecified atom stereocenters. The molecule has 0 saturated carbocycles. The summed E-state index contributed by atoms with van der Waals surface area (Å²) in [6, 6.07) is 3.37. The Morgan fingerprint density at radius 1 is 1.67 bits per heavy atom. The number of amides is 1. The maximum absolute atomic E-state index is 11.7. The van der Waals surface area contributed by atoms with Crippen molar-refractivity contribution in [2.45, 2.75) is 0 Å². The number of nitrogens with zero attached hydrogens (tertiary/aromatic N) is 1. The van der Waals surface area contributed by atoms with Gasteiger partial charge in [-0.25, -0.2) is 0 Å². The van der Waals surface area contributed by atoms with Crippen LogP contribution in [0.15, 0.2) is 11.4 Å². The second-order valence-corrected chi connectivity index (χ2v) is 5.49. The number of carbonyl (C=O) groups excluding carboxylic acids is 2. The molecule has 1 atom stereocenters. The molecule has 0 saturated heterocycles. The molecule has 0 aliphatic rings. The summed E-state index contributed by atoms with van der Waals surface area (Å²) in [6.07, 6.45) is 0. The zero-order valence-corrected chi connectivity index (χ0v) is 10.8. The van der Waals surface area contributed by atoms with Crippen LogP contribution >= 0.6 is 33.9 Å². The normalized spacial score (nSPS) is 11.5. The predicted molar refractivity (Wildman–Crippen MR) is 64.5 cm³/mol. The van der Waals surface area contributed by atoms with Gasteiger partial charge in [-0.3, -0.25) is 9.59 Å². The Balaban J connectivity index is 2.93. The number of nitriles is 1. The number of hydrogen-bond acceptors (Lipinski definition) is 4. The van der Waals surface area contributed by atoms with E-state index < -0.39 is 17.6 Å². The topological polar surface area (TPSA) is 70.0 Å². The van der Waals surface area contributed by atoms with E-state index in [-0.39, 0.29) is 0 Å². The maximum atomic E-state index is 11.7. The van der Waals surface area contributed by atoms with Gasteiger partial charge < -0.3 is 5.32 Å². The van der Waals surface area contributed by atoms with E-state index in [9.17, 15) is 9.59 Å². The average molecular weight is 334 g/mol. The highest BCUT2D eigenvalue weighted by Gasteiger charge is 2.27. The Morgan fingerprint density at radius 3 is 2.73 bits per heavy atom. The lowest BCUT2D eigenvalue weighted by molar-refractivity contribution is -0.121. The lowest BCUT2D eigenvalue weighted by Crippen LogP contribution is -2.31. The number of ketones is 1. The SMILES string of the molecule is CNC(=O)[C@@H](C#N)C(=O)c1csc(I)c1. The second kappa shape index (κ2) is 5.23. The van der Waals surface area contributed by atoms with Gasteiger partial charge in [-0.15, -0.1) is 11.3 Å². The Morgan fingerprint density at radius 2 is 2.33 bits per heavy atom. The number of nitrogens with one attached hydrogen (secondary N) is 1. The first-order chi connectivity index (χ1) is 7.10. The molecule has 0 aliphatic heterocycles. The Hall–Kier alpha value is -0.940. The molecule has 1 N–H and O–H groups in total. The van der Waals surface area contributed by atoms with Crippen LogP contribution in [0.2, 0.25) is 0 Å². The fourth-order valence-corrected chi connectivity index (χ4v) is 2.32. The zero-order valence-electron chi connectivity index (χ0n) is 7.78. The molecule has 78 valence electrons. The first-order valence-electron chi connectivity index (χ1n) is 3.99. The molecule has 1 aromatic rings. The molecule has 0 spiro atoms. The van der Waals surface area contributed by atoms with Crippen molar-refractivity contribution >= 4 is 45.6 Å². The fraction of sp³-hybridized carbons (Fsp3) is 0.222. The van der Waals surface area contributed by atoms with Crippen molar-refractivity contribution in [1.29, 1.82) is 5.26 Å². The molecule has 0 bridgehead atoms. The number of hydrogen-bond donors (Lipinski definition) is 1. The molecule has 0 aliphatic carbocycles. The van der Waals surface area contributed by atoms with E-state index in [4.69, 9.17) is 5.26 Å². The lowest BCUT2D eigenvalue weighted by atomic mass is 10.0. The predicted octanol–water partition coefficient (Wildman–Crippen LogP) is 1.42. The molecule has 0 radical (unpaired) electrons. The molecule has 1 heterocycles. The van der Waals surface area contributed by atoms with Crippen LogP contribution in [0.3, 0.4) is 0 Å². The van der Waals surface area contributed by atoms with Crippen LogP contribution in [0.5, 0.6) is 0 Å². The van der Waals surface area contributed by atoms with Crippen LogP contribution in [-0.2, 0) is 4.79 Å². The molecule has 1 amide bonds. The van der Waals surface area contributed by atoms with Gasteiger partial charge in [-0.2, -0.15) is 5.26 Å². The third-order valence-electron chi connectivity index (χ3n) is 1.75. The maximum Gasteiger partial charge on any atom is 0.245 e. The van der Waals surface area contributed by atoms with E-state index in [1.807, 2.05) is 0 Å². The highest BCUT2D eigenvalue weighted by atomic mass is 127. The average Bonchev–Trinajstić information content (AvgIpc) is 2.65. The monoisotopic (exact) mass is 334 g/mol. The van der Waals surface area contributed by atoms with Gasteiger partial charge in [0.2, 0.25) is 5.91 Å². The van der Waals surface area contributed by atoms with E-state index in [1.165, 1.54) is 18.4 Å². The van der Waals surface area contributed by atoms with Gasteiger partial charge in [-0.1, -0.05) is 0 Å². The summed E-state index contributed by atoms with van der Waals surface area (Å²) in [5, 5.41) is 12.7. The van der Waals surface area contributed by atoms with Crippen LogP contribution < -0.4 is 5.32 Å². The summed E-state index contributed by atoms with van der Waals surface area (Å²) >= 11 is 3.48. The third-order valence-corrected chi connectivity index (χ3v) is 3.54. The zero-order chi connectivity index (χ0) is 11.4. The Kier molecular flexibility index (Phi) is 4.23. The summed E-state index contributed by atoms with van der Waals surface area (Å²) in [5.41, 5.74) is 0.416. The quantitative estimate of drug-likeness (QED) is 0.516. The van der Waals surface area contributed by atoms with Crippen molar-refractivity contribution in [3.8, 4) is 6.07 Å². The molecular weight excluding hydrogens is 327 g/mol. The minimum Gasteiger partial charge on any atom is -0.358 e. The van der Waals surface area contributed by atoms with Crippen LogP contribution in [0, 0.1) is 20.1 Å². The molecule has 4 nitrogen and oxygen atoms in total. The van der Waals surface area contributed by atoms with E-state index in [2.05, 4.69) is 27.9 Å². The van der Waals surface area contributed by atoms with Gasteiger partial charge in [0.05, 0.1) is 8.95 Å². The largest absolute Gasteiger partial charge is 0.358 e. The van der Waals surface area contributed by atoms with Crippen LogP contribution in [0.4, 0.5) is 0 Å². The van der Waals surface area contributed by atoms with E-state index >= 15 is 0 Å². The van der Waals surface area contributed by atoms with Gasteiger partial charge in [0.25, 0.3) is 0 Å². The highest BCUT2D eigenvalue weighted by molar-refractivity contribution is 14.1. The minimum atomic E-state index is -1.25. The van der Waals surface area contributed by atoms with Gasteiger partial charge in [0, 0.05) is 18.0 Å². The second-order valence-electron chi connectivity index (χ2n) is 2.68. The number of thiophene rings is 1. The number of Topliss-reactive ketones (excluding diaryl/α,β-unsaturated/α-hetero) is 1. The smallest absolute Gasteiger partial charge is 0.245 e. The van der Waals surface area contributed by atoms with E-state index in [0.717, 1.165) is 2.88 Å². The highest BCUT2D eigenvalue weighted by Crippen LogP contribution is 2.19. The standard InChI is InChI=1S/C9H7IN2O2S/c1-12-9(14)6(3-11)8(13)5-2-7(10)15-4-5/h2,4,6H,1H3,(H,12,14)/t6-/m0/s1. The molecule has 0 aromatic carbocycles. The molecule has 0 fully saturated rings. The first-order valence-corrected chi connectivity index (χ1v) is 5.95. The fourth-order valence-electron chi connectivity index (χ4n) is 0.987. The first kappa shape index (κ1) is 12.1. The summed E-state index contributed by atoms with van der Waals surface area (Å²) in [7, 11) is 1.40. The van der Waals surface area contributed by atoms with Crippen molar-refractivity contribution in [3.05, 3.63) is 19.9 Å². The minimum absolute atomic E-state index is 0.416. The Labute approximate surface area is 104 Å². The summed E-state index contributed by atoms with van der Waals surface area (Å²) in [4.78, 5) is 22.9. The summed E-state index contributed by atoms with van der Waals surface area (Å²) in [5.74, 6) is -2.26. The van der Waals surface area contributed by atoms with Crippen molar-refractivity contribution < 1.29 is 9.59 Å². The summed E-state index contributed by atoms with van der Waals surface area (Å²) < 4.78 is 0.949. The van der Waals surface area contributed by atoms with Gasteiger partial charge >= 0.3 is 0 Å². The van der Waals surface area contributed by atoms with Gasteiger partial charge in [0.1, 0.15) is 0 Å². The van der Waals surface area contributed by atoms with Crippen LogP contribution in [-0.4, -0.2) is 18.7 Å². The lowest BCUT2D eigenvalue weighted by Gasteiger charge is -2.04. The van der Waals surface area contributed by atoms with Gasteiger partial charge in [0.15, 0.2) is 11.7 Å². The molecular formula is C9H7IN2O2S. The van der Waals surface area contributed by atoms with E-state index in [0.29, 0.717) is 5.56 Å². The van der Waals surface area contributed by atoms with Crippen molar-refractivity contribution in [3.63, 3.8) is 0 Å². The number of halogens is 1. The number of carbonyl (C=O) groups is 2. The van der Waals surface area contributed by atoms with Crippen LogP contribution in [0.1, 0.15) is 10.4 Å². The number of rotatable bonds is 3. The molecule has 1 rings (SSSR count). The van der Waals surface area contributed by atoms with Gasteiger partial charge in [-0.05, 0) is 28.7 Å². The third kappa shape index (κ3) is 2.76. The Bertz CT molecular complexity index is 436. The van der Waals surface area contributed by atoms with Crippen molar-refractivity contribution in [2.75, 3.05) is 7.05 Å². The molecule has 6 heteroatoms. The van der Waals surface area contributed by atoms with Crippen LogP contribution in [0.25, 0.3) is 0 Å².